The summed E-state index contributed by atoms with van der Waals surface area (Å²) >= 11 is 0. The van der Waals surface area contributed by atoms with Crippen molar-refractivity contribution >= 4 is 12.0 Å². The lowest BCUT2D eigenvalue weighted by Gasteiger charge is -2.21. The average Bonchev–Trinajstić information content (AvgIpc) is 3.27. The van der Waals surface area contributed by atoms with Gasteiger partial charge in [-0.2, -0.15) is 13.2 Å². The zero-order valence-electron chi connectivity index (χ0n) is 15.1. The van der Waals surface area contributed by atoms with Crippen molar-refractivity contribution in [2.75, 3.05) is 0 Å². The van der Waals surface area contributed by atoms with Gasteiger partial charge in [-0.3, -0.25) is 4.79 Å². The van der Waals surface area contributed by atoms with E-state index < -0.39 is 17.6 Å². The zero-order chi connectivity index (χ0) is 20.6. The van der Waals surface area contributed by atoms with Crippen LogP contribution in [0.25, 0.3) is 6.08 Å². The van der Waals surface area contributed by atoms with E-state index in [2.05, 4.69) is 15.6 Å². The number of fused-ring (bicyclic) bond motifs is 1. The molecule has 8 heteroatoms. The summed E-state index contributed by atoms with van der Waals surface area (Å²) in [5.74, 6) is -1.14. The van der Waals surface area contributed by atoms with E-state index in [9.17, 15) is 22.4 Å². The third-order valence-electron chi connectivity index (χ3n) is 4.97. The van der Waals surface area contributed by atoms with Crippen molar-refractivity contribution in [2.24, 2.45) is 5.92 Å². The number of amides is 1. The SMILES string of the molecule is O=C1NC2=CC=C(NCc3cc(F)ccc3C(F)(F)F)CC2/C1=C/c1ccc[nH]1. The largest absolute Gasteiger partial charge is 0.416 e. The van der Waals surface area contributed by atoms with Gasteiger partial charge in [0.05, 0.1) is 5.56 Å². The second-order valence-corrected chi connectivity index (χ2v) is 6.90. The van der Waals surface area contributed by atoms with Gasteiger partial charge in [-0.1, -0.05) is 0 Å². The number of nitrogens with one attached hydrogen (secondary N) is 3. The summed E-state index contributed by atoms with van der Waals surface area (Å²) in [7, 11) is 0. The van der Waals surface area contributed by atoms with Crippen LogP contribution in [0.2, 0.25) is 0 Å². The highest BCUT2D eigenvalue weighted by Crippen LogP contribution is 2.36. The van der Waals surface area contributed by atoms with Crippen molar-refractivity contribution in [3.8, 4) is 0 Å². The molecular formula is C21H17F4N3O. The fourth-order valence-corrected chi connectivity index (χ4v) is 3.56. The average molecular weight is 403 g/mol. The fraction of sp³-hybridized carbons (Fsp3) is 0.190. The Morgan fingerprint density at radius 3 is 2.76 bits per heavy atom. The number of aromatic nitrogens is 1. The van der Waals surface area contributed by atoms with Crippen LogP contribution >= 0.6 is 0 Å². The normalized spacial score (nSPS) is 20.2. The Morgan fingerprint density at radius 1 is 1.21 bits per heavy atom. The monoisotopic (exact) mass is 403 g/mol. The number of hydrogen-bond acceptors (Lipinski definition) is 2. The molecule has 4 nitrogen and oxygen atoms in total. The quantitative estimate of drug-likeness (QED) is 0.528. The van der Waals surface area contributed by atoms with Gasteiger partial charge >= 0.3 is 6.18 Å². The van der Waals surface area contributed by atoms with Gasteiger partial charge < -0.3 is 15.6 Å². The van der Waals surface area contributed by atoms with Crippen molar-refractivity contribution in [1.29, 1.82) is 0 Å². The smallest absolute Gasteiger partial charge is 0.384 e. The molecule has 150 valence electrons. The summed E-state index contributed by atoms with van der Waals surface area (Å²) < 4.78 is 53.0. The van der Waals surface area contributed by atoms with E-state index in [1.165, 1.54) is 0 Å². The number of benzene rings is 1. The highest BCUT2D eigenvalue weighted by molar-refractivity contribution is 6.03. The second kappa shape index (κ2) is 7.27. The molecular weight excluding hydrogens is 386 g/mol. The zero-order valence-corrected chi connectivity index (χ0v) is 15.1. The molecule has 0 bridgehead atoms. The standard InChI is InChI=1S/C21H17F4N3O/c22-13-3-5-18(21(23,24)25)12(8-13)11-27-15-4-6-19-16(9-15)17(20(29)28-19)10-14-2-1-7-26-14/h1-8,10,16,26-27H,9,11H2,(H,28,29)/b17-10-. The van der Waals surface area contributed by atoms with Gasteiger partial charge in [0.2, 0.25) is 0 Å². The topological polar surface area (TPSA) is 56.9 Å². The number of H-pyrrole nitrogens is 1. The Labute approximate surface area is 164 Å². The predicted molar refractivity (Wildman–Crippen MR) is 99.4 cm³/mol. The molecule has 4 rings (SSSR count). The lowest BCUT2D eigenvalue weighted by molar-refractivity contribution is -0.138. The number of carbonyl (C=O) groups is 1. The molecule has 1 fully saturated rings. The lowest BCUT2D eigenvalue weighted by Crippen LogP contribution is -2.21. The Morgan fingerprint density at radius 2 is 2.03 bits per heavy atom. The van der Waals surface area contributed by atoms with Gasteiger partial charge in [0.15, 0.2) is 0 Å². The van der Waals surface area contributed by atoms with Gasteiger partial charge in [-0.15, -0.1) is 0 Å². The van der Waals surface area contributed by atoms with E-state index in [4.69, 9.17) is 0 Å². The molecule has 1 aliphatic heterocycles. The van der Waals surface area contributed by atoms with Crippen LogP contribution in [0, 0.1) is 11.7 Å². The summed E-state index contributed by atoms with van der Waals surface area (Å²) in [6, 6.07) is 6.09. The van der Waals surface area contributed by atoms with Crippen LogP contribution in [0.3, 0.4) is 0 Å². The minimum absolute atomic E-state index is 0.170. The number of hydrogen-bond donors (Lipinski definition) is 3. The second-order valence-electron chi connectivity index (χ2n) is 6.90. The number of alkyl halides is 3. The molecule has 2 aromatic rings. The van der Waals surface area contributed by atoms with Crippen molar-refractivity contribution in [1.82, 2.24) is 15.6 Å². The van der Waals surface area contributed by atoms with E-state index in [0.29, 0.717) is 17.7 Å². The van der Waals surface area contributed by atoms with Crippen molar-refractivity contribution in [2.45, 2.75) is 19.1 Å². The minimum atomic E-state index is -4.56. The lowest BCUT2D eigenvalue weighted by atomic mass is 9.90. The van der Waals surface area contributed by atoms with Crippen LogP contribution in [-0.2, 0) is 17.5 Å². The highest BCUT2D eigenvalue weighted by atomic mass is 19.4. The minimum Gasteiger partial charge on any atom is -0.384 e. The molecule has 1 aromatic heterocycles. The molecule has 29 heavy (non-hydrogen) atoms. The molecule has 2 heterocycles. The van der Waals surface area contributed by atoms with Crippen molar-refractivity contribution in [3.05, 3.63) is 88.3 Å². The van der Waals surface area contributed by atoms with E-state index in [0.717, 1.165) is 29.6 Å². The summed E-state index contributed by atoms with van der Waals surface area (Å²) in [5, 5.41) is 5.78. The number of allylic oxidation sites excluding steroid dienone is 4. The van der Waals surface area contributed by atoms with Gasteiger partial charge in [-0.05, 0) is 60.5 Å². The molecule has 1 saturated heterocycles. The molecule has 0 saturated carbocycles. The number of aromatic amines is 1. The molecule has 3 N–H and O–H groups in total. The number of carbonyl (C=O) groups excluding carboxylic acids is 1. The highest BCUT2D eigenvalue weighted by Gasteiger charge is 2.36. The third-order valence-corrected chi connectivity index (χ3v) is 4.97. The first kappa shape index (κ1) is 19.0. The van der Waals surface area contributed by atoms with E-state index in [1.54, 1.807) is 24.4 Å². The third kappa shape index (κ3) is 3.96. The summed E-state index contributed by atoms with van der Waals surface area (Å²) in [4.78, 5) is 15.3. The fourth-order valence-electron chi connectivity index (χ4n) is 3.56. The Bertz CT molecular complexity index is 1030. The van der Waals surface area contributed by atoms with Crippen LogP contribution in [0.5, 0.6) is 0 Å². The van der Waals surface area contributed by atoms with Crippen molar-refractivity contribution in [3.63, 3.8) is 0 Å². The first-order valence-electron chi connectivity index (χ1n) is 8.98. The van der Waals surface area contributed by atoms with E-state index >= 15 is 0 Å². The van der Waals surface area contributed by atoms with Gasteiger partial charge in [0.25, 0.3) is 5.91 Å². The predicted octanol–water partition coefficient (Wildman–Crippen LogP) is 4.26. The van der Waals surface area contributed by atoms with Crippen LogP contribution in [0.1, 0.15) is 23.2 Å². The first-order chi connectivity index (χ1) is 13.8. The maximum atomic E-state index is 13.5. The van der Waals surface area contributed by atoms with Gasteiger partial charge in [0.1, 0.15) is 5.82 Å². The molecule has 1 atom stereocenters. The molecule has 0 radical (unpaired) electrons. The number of halogens is 4. The molecule has 1 unspecified atom stereocenters. The molecule has 1 aliphatic carbocycles. The molecule has 1 amide bonds. The van der Waals surface area contributed by atoms with Crippen LogP contribution in [0.4, 0.5) is 17.6 Å². The Balaban J connectivity index is 1.52. The van der Waals surface area contributed by atoms with Crippen LogP contribution in [-0.4, -0.2) is 10.9 Å². The first-order valence-corrected chi connectivity index (χ1v) is 8.98. The molecule has 2 aliphatic rings. The summed E-state index contributed by atoms with van der Waals surface area (Å²) in [5.41, 5.74) is 1.74. The van der Waals surface area contributed by atoms with E-state index in [-0.39, 0.29) is 23.9 Å². The summed E-state index contributed by atoms with van der Waals surface area (Å²) in [6.45, 7) is -0.175. The van der Waals surface area contributed by atoms with Crippen LogP contribution in [0.15, 0.2) is 65.6 Å². The van der Waals surface area contributed by atoms with Crippen LogP contribution < -0.4 is 10.6 Å². The maximum Gasteiger partial charge on any atom is 0.416 e. The Kier molecular flexibility index (Phi) is 4.77. The van der Waals surface area contributed by atoms with Gasteiger partial charge in [0, 0.05) is 41.3 Å². The summed E-state index contributed by atoms with van der Waals surface area (Å²) in [6.07, 6.45) is 2.83. The van der Waals surface area contributed by atoms with E-state index in [1.807, 2.05) is 12.1 Å². The Hall–Kier alpha value is -3.29. The number of rotatable bonds is 4. The maximum absolute atomic E-state index is 13.5. The van der Waals surface area contributed by atoms with Crippen molar-refractivity contribution < 1.29 is 22.4 Å². The van der Waals surface area contributed by atoms with Gasteiger partial charge in [-0.25, -0.2) is 4.39 Å². The molecule has 1 aromatic carbocycles. The molecule has 0 spiro atoms.